The predicted molar refractivity (Wildman–Crippen MR) is 172 cm³/mol. The summed E-state index contributed by atoms with van der Waals surface area (Å²) < 4.78 is 28.0. The zero-order valence-electron chi connectivity index (χ0n) is 26.8. The van der Waals surface area contributed by atoms with Gasteiger partial charge in [0.15, 0.2) is 0 Å². The zero-order valence-corrected chi connectivity index (χ0v) is 26.8. The number of halogens is 2. The minimum Gasteiger partial charge on any atom is -0.390 e. The number of nitrogens with one attached hydrogen (secondary N) is 2. The lowest BCUT2D eigenvalue weighted by Crippen LogP contribution is -2.48. The molecule has 0 aliphatic carbocycles. The van der Waals surface area contributed by atoms with E-state index in [0.29, 0.717) is 30.8 Å². The molecule has 0 fully saturated rings. The maximum Gasteiger partial charge on any atom is 0.253 e. The summed E-state index contributed by atoms with van der Waals surface area (Å²) in [6, 6.07) is 15.5. The summed E-state index contributed by atoms with van der Waals surface area (Å²) in [4.78, 5) is 28.9. The number of hydrogen-bond donors (Lipinski definition) is 3. The van der Waals surface area contributed by atoms with Crippen LogP contribution in [0.2, 0.25) is 0 Å². The Hall–Kier alpha value is -3.62. The predicted octanol–water partition coefficient (Wildman–Crippen LogP) is 6.08. The second kappa shape index (κ2) is 16.5. The quantitative estimate of drug-likeness (QED) is 0.196. The highest BCUT2D eigenvalue weighted by Crippen LogP contribution is 2.17. The molecule has 0 unspecified atom stereocenters. The number of aliphatic hydroxyl groups is 1. The van der Waals surface area contributed by atoms with Crippen LogP contribution in [0, 0.1) is 30.4 Å². The van der Waals surface area contributed by atoms with E-state index in [1.165, 1.54) is 17.7 Å². The summed E-state index contributed by atoms with van der Waals surface area (Å²) in [6.07, 6.45) is -0.157. The zero-order chi connectivity index (χ0) is 32.4. The molecule has 8 heteroatoms. The van der Waals surface area contributed by atoms with Crippen LogP contribution in [-0.4, -0.2) is 53.6 Å². The van der Waals surface area contributed by atoms with Gasteiger partial charge in [-0.2, -0.15) is 0 Å². The van der Waals surface area contributed by atoms with Crippen molar-refractivity contribution >= 4 is 11.8 Å². The summed E-state index contributed by atoms with van der Waals surface area (Å²) in [7, 11) is 0. The summed E-state index contributed by atoms with van der Waals surface area (Å²) in [5, 5.41) is 17.3. The van der Waals surface area contributed by atoms with E-state index in [9.17, 15) is 23.5 Å². The van der Waals surface area contributed by atoms with E-state index in [-0.39, 0.29) is 36.3 Å². The topological polar surface area (TPSA) is 81.7 Å². The van der Waals surface area contributed by atoms with Crippen molar-refractivity contribution in [3.63, 3.8) is 0 Å². The Morgan fingerprint density at radius 2 is 1.45 bits per heavy atom. The van der Waals surface area contributed by atoms with Crippen molar-refractivity contribution in [3.05, 3.63) is 106 Å². The van der Waals surface area contributed by atoms with Gasteiger partial charge in [0, 0.05) is 43.4 Å². The van der Waals surface area contributed by atoms with Gasteiger partial charge < -0.3 is 20.6 Å². The highest BCUT2D eigenvalue weighted by atomic mass is 19.1. The Morgan fingerprint density at radius 3 is 2.07 bits per heavy atom. The summed E-state index contributed by atoms with van der Waals surface area (Å²) in [5.41, 5.74) is 4.00. The molecule has 0 spiro atoms. The van der Waals surface area contributed by atoms with Crippen molar-refractivity contribution in [2.45, 2.75) is 73.1 Å². The van der Waals surface area contributed by atoms with Crippen LogP contribution < -0.4 is 10.6 Å². The minimum atomic E-state index is -1.07. The van der Waals surface area contributed by atoms with Gasteiger partial charge in [-0.1, -0.05) is 58.9 Å². The normalized spacial score (nSPS) is 12.8. The summed E-state index contributed by atoms with van der Waals surface area (Å²) in [5.74, 6) is -1.54. The molecule has 0 saturated heterocycles. The van der Waals surface area contributed by atoms with Gasteiger partial charge in [-0.25, -0.2) is 8.78 Å². The van der Waals surface area contributed by atoms with Gasteiger partial charge in [0.1, 0.15) is 11.6 Å². The van der Waals surface area contributed by atoms with Crippen LogP contribution in [0.5, 0.6) is 0 Å². The van der Waals surface area contributed by atoms with Crippen molar-refractivity contribution in [3.8, 4) is 0 Å². The number of benzene rings is 3. The van der Waals surface area contributed by atoms with Crippen LogP contribution in [0.3, 0.4) is 0 Å². The van der Waals surface area contributed by atoms with Gasteiger partial charge >= 0.3 is 0 Å². The lowest BCUT2D eigenvalue weighted by atomic mass is 9.99. The fraction of sp³-hybridized carbons (Fsp3) is 0.444. The van der Waals surface area contributed by atoms with Gasteiger partial charge in [0.2, 0.25) is 0 Å². The first kappa shape index (κ1) is 34.9. The third-order valence-electron chi connectivity index (χ3n) is 7.29. The lowest BCUT2D eigenvalue weighted by Gasteiger charge is -2.27. The maximum atomic E-state index is 14.0. The van der Waals surface area contributed by atoms with Crippen molar-refractivity contribution in [2.24, 2.45) is 11.8 Å². The molecule has 0 bridgehead atoms. The molecule has 238 valence electrons. The molecule has 0 radical (unpaired) electrons. The third kappa shape index (κ3) is 10.8. The third-order valence-corrected chi connectivity index (χ3v) is 7.29. The molecule has 3 rings (SSSR count). The van der Waals surface area contributed by atoms with Crippen molar-refractivity contribution in [1.29, 1.82) is 0 Å². The molecule has 0 aromatic heterocycles. The Morgan fingerprint density at radius 1 is 0.841 bits per heavy atom. The second-order valence-corrected chi connectivity index (χ2v) is 12.5. The number of carbonyl (C=O) groups is 2. The fourth-order valence-corrected chi connectivity index (χ4v) is 5.33. The number of aryl methyl sites for hydroxylation is 2. The molecule has 3 N–H and O–H groups in total. The molecular formula is C36H47F2N3O3. The van der Waals surface area contributed by atoms with E-state index >= 15 is 0 Å². The number of aliphatic hydroxyl groups excluding tert-OH is 1. The number of amides is 2. The molecule has 2 amide bonds. The van der Waals surface area contributed by atoms with Gasteiger partial charge in [0.25, 0.3) is 11.8 Å². The minimum absolute atomic E-state index is 0.00272. The molecule has 3 aromatic carbocycles. The van der Waals surface area contributed by atoms with Crippen LogP contribution in [-0.2, 0) is 19.4 Å². The van der Waals surface area contributed by atoms with Crippen molar-refractivity contribution in [2.75, 3.05) is 19.6 Å². The lowest BCUT2D eigenvalue weighted by molar-refractivity contribution is 0.0715. The SMILES string of the molecule is CCc1cccc(CNC[C@@H](O)[C@H](Cc2cc(F)cc(F)c2)NC(=O)c2cc(C)cc(C(=O)N(CC(C)C)CC(C)C)c2)c1. The molecule has 44 heavy (non-hydrogen) atoms. The van der Waals surface area contributed by atoms with Crippen LogP contribution in [0.1, 0.15) is 77.6 Å². The first-order valence-electron chi connectivity index (χ1n) is 15.5. The average molecular weight is 608 g/mol. The van der Waals surface area contributed by atoms with Crippen LogP contribution in [0.25, 0.3) is 0 Å². The first-order valence-corrected chi connectivity index (χ1v) is 15.5. The maximum absolute atomic E-state index is 14.0. The van der Waals surface area contributed by atoms with Crippen molar-refractivity contribution in [1.82, 2.24) is 15.5 Å². The fourth-order valence-electron chi connectivity index (χ4n) is 5.33. The highest BCUT2D eigenvalue weighted by Gasteiger charge is 2.25. The van der Waals surface area contributed by atoms with Gasteiger partial charge in [-0.15, -0.1) is 0 Å². The number of rotatable bonds is 15. The number of carbonyl (C=O) groups excluding carboxylic acids is 2. The average Bonchev–Trinajstić information content (AvgIpc) is 2.94. The van der Waals surface area contributed by atoms with Gasteiger partial charge in [-0.05, 0) is 84.2 Å². The van der Waals surface area contributed by atoms with E-state index in [2.05, 4.69) is 57.4 Å². The van der Waals surface area contributed by atoms with Gasteiger partial charge in [-0.3, -0.25) is 9.59 Å². The molecule has 0 heterocycles. The molecule has 0 saturated carbocycles. The Labute approximate surface area is 260 Å². The van der Waals surface area contributed by atoms with E-state index in [1.807, 2.05) is 24.0 Å². The van der Waals surface area contributed by atoms with Crippen LogP contribution in [0.15, 0.2) is 60.7 Å². The highest BCUT2D eigenvalue weighted by molar-refractivity contribution is 6.00. The first-order chi connectivity index (χ1) is 20.8. The molecular weight excluding hydrogens is 560 g/mol. The molecule has 2 atom stereocenters. The monoisotopic (exact) mass is 607 g/mol. The molecule has 0 aliphatic rings. The van der Waals surface area contributed by atoms with Crippen LogP contribution in [0.4, 0.5) is 8.78 Å². The number of nitrogens with zero attached hydrogens (tertiary/aromatic N) is 1. The Balaban J connectivity index is 1.82. The Kier molecular flexibility index (Phi) is 13.0. The molecule has 3 aromatic rings. The Bertz CT molecular complexity index is 1380. The van der Waals surface area contributed by atoms with Crippen molar-refractivity contribution < 1.29 is 23.5 Å². The summed E-state index contributed by atoms with van der Waals surface area (Å²) in [6.45, 7) is 14.0. The van der Waals surface area contributed by atoms with Gasteiger partial charge in [0.05, 0.1) is 12.1 Å². The van der Waals surface area contributed by atoms with E-state index < -0.39 is 29.7 Å². The number of hydrogen-bond acceptors (Lipinski definition) is 4. The second-order valence-electron chi connectivity index (χ2n) is 12.5. The van der Waals surface area contributed by atoms with E-state index in [1.54, 1.807) is 18.2 Å². The molecule has 6 nitrogen and oxygen atoms in total. The van der Waals surface area contributed by atoms with Crippen LogP contribution >= 0.6 is 0 Å². The smallest absolute Gasteiger partial charge is 0.253 e. The summed E-state index contributed by atoms with van der Waals surface area (Å²) >= 11 is 0. The standard InChI is InChI=1S/C36H47F2N3O3/c1-7-26-9-8-10-27(13-26)19-39-20-34(42)33(16-28-14-31(37)18-32(38)15-28)40-35(43)29-11-25(6)12-30(17-29)36(44)41(21-23(2)3)22-24(4)5/h8-15,17-18,23-24,33-34,39,42H,7,16,19-22H2,1-6H3,(H,40,43)/t33-,34+/m0/s1. The largest absolute Gasteiger partial charge is 0.390 e. The van der Waals surface area contributed by atoms with E-state index in [0.717, 1.165) is 23.6 Å². The van der Waals surface area contributed by atoms with E-state index in [4.69, 9.17) is 0 Å². The molecule has 0 aliphatic heterocycles.